The molecule has 0 radical (unpaired) electrons. The fraction of sp³-hybridized carbons (Fsp3) is 0.692. The van der Waals surface area contributed by atoms with Gasteiger partial charge in [-0.05, 0) is 20.4 Å². The van der Waals surface area contributed by atoms with Gasteiger partial charge in [0.25, 0.3) is 0 Å². The molecule has 1 amide bonds. The molecule has 0 aromatic carbocycles. The van der Waals surface area contributed by atoms with Crippen molar-refractivity contribution in [1.82, 2.24) is 10.2 Å². The maximum absolute atomic E-state index is 11.8. The highest BCUT2D eigenvalue weighted by atomic mass is 19.4. The Balaban J connectivity index is 0.000000697. The van der Waals surface area contributed by atoms with Gasteiger partial charge in [0.2, 0.25) is 5.91 Å². The minimum atomic E-state index is -5.08. The van der Waals surface area contributed by atoms with E-state index in [1.807, 2.05) is 0 Å². The third kappa shape index (κ3) is 6.95. The van der Waals surface area contributed by atoms with Gasteiger partial charge in [-0.15, -0.1) is 0 Å². The number of aliphatic carboxylic acids is 2. The van der Waals surface area contributed by atoms with Crippen LogP contribution >= 0.6 is 0 Å². The number of carboxylic acids is 2. The molecule has 25 heavy (non-hydrogen) atoms. The molecule has 3 N–H and O–H groups in total. The van der Waals surface area contributed by atoms with E-state index in [4.69, 9.17) is 19.7 Å². The van der Waals surface area contributed by atoms with Gasteiger partial charge < -0.3 is 20.3 Å². The van der Waals surface area contributed by atoms with Gasteiger partial charge in [0.15, 0.2) is 0 Å². The summed E-state index contributed by atoms with van der Waals surface area (Å²) in [5, 5.41) is 18.8. The van der Waals surface area contributed by atoms with Gasteiger partial charge in [0.05, 0.1) is 18.7 Å². The van der Waals surface area contributed by atoms with E-state index in [1.165, 1.54) is 11.8 Å². The zero-order valence-corrected chi connectivity index (χ0v) is 13.7. The van der Waals surface area contributed by atoms with E-state index in [-0.39, 0.29) is 18.9 Å². The molecule has 1 aliphatic rings. The Bertz CT molecular complexity index is 524. The second-order valence-corrected chi connectivity index (χ2v) is 5.06. The first-order valence-corrected chi connectivity index (χ1v) is 7.01. The van der Waals surface area contributed by atoms with Crippen molar-refractivity contribution in [3.8, 4) is 0 Å². The van der Waals surface area contributed by atoms with Gasteiger partial charge >= 0.3 is 24.1 Å². The molecular weight excluding hydrogens is 353 g/mol. The Morgan fingerprint density at radius 1 is 1.24 bits per heavy atom. The number of ether oxygens (including phenoxy) is 1. The predicted molar refractivity (Wildman–Crippen MR) is 75.2 cm³/mol. The third-order valence-electron chi connectivity index (χ3n) is 3.26. The number of carbonyl (C=O) groups is 4. The molecular formula is C13H19F3N2O7. The lowest BCUT2D eigenvalue weighted by atomic mass is 10.0. The Labute approximate surface area is 140 Å². The molecule has 0 aromatic rings. The highest BCUT2D eigenvalue weighted by molar-refractivity contribution is 5.81. The number of hydrogen-bond donors (Lipinski definition) is 3. The normalized spacial score (nSPS) is 23.2. The fourth-order valence-electron chi connectivity index (χ4n) is 2.17. The molecule has 9 nitrogen and oxygen atoms in total. The van der Waals surface area contributed by atoms with E-state index in [0.717, 1.165) is 0 Å². The number of amides is 1. The van der Waals surface area contributed by atoms with Crippen molar-refractivity contribution in [3.63, 3.8) is 0 Å². The van der Waals surface area contributed by atoms with E-state index in [9.17, 15) is 27.6 Å². The number of halogens is 3. The minimum absolute atomic E-state index is 0.135. The predicted octanol–water partition coefficient (Wildman–Crippen LogP) is 0.0499. The average Bonchev–Trinajstić information content (AvgIpc) is 2.76. The molecule has 0 saturated carbocycles. The van der Waals surface area contributed by atoms with Crippen LogP contribution in [0.5, 0.6) is 0 Å². The first-order valence-electron chi connectivity index (χ1n) is 7.01. The van der Waals surface area contributed by atoms with Gasteiger partial charge in [0, 0.05) is 6.92 Å². The topological polar surface area (TPSA) is 133 Å². The Hall–Kier alpha value is -2.37. The largest absolute Gasteiger partial charge is 0.490 e. The highest BCUT2D eigenvalue weighted by Gasteiger charge is 2.47. The SMILES string of the molecule is CCOC(=O)[C@@H]1C[C@H](C(=O)O)N(C)[C@H]1NC(C)=O.O=C(O)C(F)(F)F. The maximum Gasteiger partial charge on any atom is 0.490 e. The van der Waals surface area contributed by atoms with E-state index in [0.29, 0.717) is 0 Å². The summed E-state index contributed by atoms with van der Waals surface area (Å²) in [6.07, 6.45) is -5.59. The number of alkyl halides is 3. The number of esters is 1. The summed E-state index contributed by atoms with van der Waals surface area (Å²) in [4.78, 5) is 44.3. The monoisotopic (exact) mass is 372 g/mol. The number of hydrogen-bond acceptors (Lipinski definition) is 6. The third-order valence-corrected chi connectivity index (χ3v) is 3.26. The van der Waals surface area contributed by atoms with Crippen LogP contribution < -0.4 is 5.32 Å². The van der Waals surface area contributed by atoms with E-state index >= 15 is 0 Å². The number of likely N-dealkylation sites (tertiary alicyclic amines) is 1. The van der Waals surface area contributed by atoms with Crippen molar-refractivity contribution < 1.29 is 47.3 Å². The zero-order chi connectivity index (χ0) is 19.9. The van der Waals surface area contributed by atoms with Crippen LogP contribution in [0, 0.1) is 5.92 Å². The molecule has 1 aliphatic heterocycles. The van der Waals surface area contributed by atoms with Gasteiger partial charge in [-0.3, -0.25) is 19.3 Å². The number of carbonyl (C=O) groups excluding carboxylic acids is 2. The van der Waals surface area contributed by atoms with Crippen LogP contribution in [-0.2, 0) is 23.9 Å². The van der Waals surface area contributed by atoms with Gasteiger partial charge in [-0.2, -0.15) is 13.2 Å². The average molecular weight is 372 g/mol. The number of rotatable bonds is 4. The fourth-order valence-corrected chi connectivity index (χ4v) is 2.17. The first kappa shape index (κ1) is 22.6. The van der Waals surface area contributed by atoms with E-state index in [1.54, 1.807) is 14.0 Å². The number of nitrogens with one attached hydrogen (secondary N) is 1. The molecule has 1 heterocycles. The highest BCUT2D eigenvalue weighted by Crippen LogP contribution is 2.28. The van der Waals surface area contributed by atoms with Crippen molar-refractivity contribution in [3.05, 3.63) is 0 Å². The summed E-state index contributed by atoms with van der Waals surface area (Å²) in [7, 11) is 1.57. The number of nitrogens with zero attached hydrogens (tertiary/aromatic N) is 1. The Kier molecular flexibility index (Phi) is 8.33. The van der Waals surface area contributed by atoms with Gasteiger partial charge in [-0.1, -0.05) is 0 Å². The minimum Gasteiger partial charge on any atom is -0.480 e. The molecule has 0 aromatic heterocycles. The van der Waals surface area contributed by atoms with Crippen LogP contribution in [-0.4, -0.2) is 71.0 Å². The van der Waals surface area contributed by atoms with Crippen molar-refractivity contribution in [2.45, 2.75) is 38.7 Å². The standard InChI is InChI=1S/C11H18N2O5.C2HF3O2/c1-4-18-11(17)7-5-8(10(15)16)13(3)9(7)12-6(2)14;3-2(4,5)1(6)7/h7-9H,4-5H2,1-3H3,(H,12,14)(H,15,16);(H,6,7)/t7-,8-,9-;/m1./s1. The Morgan fingerprint density at radius 2 is 1.72 bits per heavy atom. The molecule has 0 unspecified atom stereocenters. The lowest BCUT2D eigenvalue weighted by molar-refractivity contribution is -0.192. The summed E-state index contributed by atoms with van der Waals surface area (Å²) >= 11 is 0. The molecule has 12 heteroatoms. The smallest absolute Gasteiger partial charge is 0.480 e. The molecule has 1 rings (SSSR count). The molecule has 144 valence electrons. The zero-order valence-electron chi connectivity index (χ0n) is 13.7. The summed E-state index contributed by atoms with van der Waals surface area (Å²) < 4.78 is 36.6. The second kappa shape index (κ2) is 9.20. The van der Waals surface area contributed by atoms with Crippen molar-refractivity contribution in [2.24, 2.45) is 5.92 Å². The second-order valence-electron chi connectivity index (χ2n) is 5.06. The summed E-state index contributed by atoms with van der Waals surface area (Å²) in [5.41, 5.74) is 0. The summed E-state index contributed by atoms with van der Waals surface area (Å²) in [6.45, 7) is 3.23. The van der Waals surface area contributed by atoms with Crippen molar-refractivity contribution >= 4 is 23.8 Å². The van der Waals surface area contributed by atoms with Crippen LogP contribution in [0.4, 0.5) is 13.2 Å². The summed E-state index contributed by atoms with van der Waals surface area (Å²) in [6, 6.07) is -0.795. The maximum atomic E-state index is 11.8. The van der Waals surface area contributed by atoms with Crippen LogP contribution in [0.2, 0.25) is 0 Å². The molecule has 0 aliphatic carbocycles. The van der Waals surface area contributed by atoms with E-state index in [2.05, 4.69) is 5.32 Å². The summed E-state index contributed by atoms with van der Waals surface area (Å²) in [5.74, 6) is -5.22. The molecule has 0 bridgehead atoms. The van der Waals surface area contributed by atoms with Gasteiger partial charge in [-0.25, -0.2) is 4.79 Å². The lowest BCUT2D eigenvalue weighted by Gasteiger charge is -2.25. The van der Waals surface area contributed by atoms with Gasteiger partial charge in [0.1, 0.15) is 6.04 Å². The molecule has 3 atom stereocenters. The number of carboxylic acid groups (broad SMARTS) is 2. The van der Waals surface area contributed by atoms with Crippen LogP contribution in [0.15, 0.2) is 0 Å². The van der Waals surface area contributed by atoms with Crippen molar-refractivity contribution in [1.29, 1.82) is 0 Å². The molecule has 0 spiro atoms. The van der Waals surface area contributed by atoms with Crippen molar-refractivity contribution in [2.75, 3.05) is 13.7 Å². The van der Waals surface area contributed by atoms with Crippen LogP contribution in [0.1, 0.15) is 20.3 Å². The quantitative estimate of drug-likeness (QED) is 0.590. The molecule has 1 fully saturated rings. The first-order chi connectivity index (χ1) is 11.3. The lowest BCUT2D eigenvalue weighted by Crippen LogP contribution is -2.49. The van der Waals surface area contributed by atoms with Crippen LogP contribution in [0.25, 0.3) is 0 Å². The molecule has 1 saturated heterocycles. The van der Waals surface area contributed by atoms with Crippen LogP contribution in [0.3, 0.4) is 0 Å². The van der Waals surface area contributed by atoms with E-state index < -0.39 is 42.2 Å². The number of likely N-dealkylation sites (N-methyl/N-ethyl adjacent to an activating group) is 1. The Morgan fingerprint density at radius 3 is 2.04 bits per heavy atom.